The summed E-state index contributed by atoms with van der Waals surface area (Å²) >= 11 is 0. The van der Waals surface area contributed by atoms with Gasteiger partial charge in [0.15, 0.2) is 11.5 Å². The maximum absolute atomic E-state index is 12.6. The second kappa shape index (κ2) is 9.56. The second-order valence-corrected chi connectivity index (χ2v) is 5.96. The van der Waals surface area contributed by atoms with E-state index in [2.05, 4.69) is 12.2 Å². The lowest BCUT2D eigenvalue weighted by Crippen LogP contribution is -2.13. The molecule has 27 heavy (non-hydrogen) atoms. The number of nitro benzene ring substituents is 1. The first kappa shape index (κ1) is 20.2. The molecule has 0 aliphatic heterocycles. The van der Waals surface area contributed by atoms with E-state index in [-0.39, 0.29) is 11.6 Å². The van der Waals surface area contributed by atoms with E-state index in [1.807, 2.05) is 6.92 Å². The van der Waals surface area contributed by atoms with Crippen LogP contribution in [0.2, 0.25) is 0 Å². The molecule has 0 heterocycles. The van der Waals surface area contributed by atoms with Gasteiger partial charge in [0.25, 0.3) is 11.6 Å². The largest absolute Gasteiger partial charge is 0.490 e. The number of carbonyl (C=O) groups is 1. The maximum atomic E-state index is 12.6. The summed E-state index contributed by atoms with van der Waals surface area (Å²) in [4.78, 5) is 23.2. The molecule has 2 aromatic rings. The van der Waals surface area contributed by atoms with Crippen LogP contribution in [-0.4, -0.2) is 24.0 Å². The minimum atomic E-state index is -0.472. The van der Waals surface area contributed by atoms with Crippen molar-refractivity contribution in [1.29, 1.82) is 0 Å². The molecular weight excluding hydrogens is 348 g/mol. The highest BCUT2D eigenvalue weighted by Gasteiger charge is 2.17. The van der Waals surface area contributed by atoms with Crippen LogP contribution in [0.3, 0.4) is 0 Å². The minimum Gasteiger partial charge on any atom is -0.490 e. The summed E-state index contributed by atoms with van der Waals surface area (Å²) in [5.74, 6) is 0.713. The number of hydrogen-bond acceptors (Lipinski definition) is 5. The van der Waals surface area contributed by atoms with E-state index in [1.54, 1.807) is 31.2 Å². The smallest absolute Gasteiger partial charge is 0.274 e. The summed E-state index contributed by atoms with van der Waals surface area (Å²) in [5.41, 5.74) is 1.14. The van der Waals surface area contributed by atoms with Gasteiger partial charge in [0.05, 0.1) is 29.4 Å². The Balaban J connectivity index is 2.22. The number of benzene rings is 2. The van der Waals surface area contributed by atoms with Crippen molar-refractivity contribution in [2.45, 2.75) is 33.6 Å². The zero-order chi connectivity index (χ0) is 19.8. The topological polar surface area (TPSA) is 90.7 Å². The number of ether oxygens (including phenoxy) is 2. The van der Waals surface area contributed by atoms with Gasteiger partial charge in [0, 0.05) is 11.6 Å². The molecule has 0 saturated heterocycles. The molecule has 0 radical (unpaired) electrons. The fourth-order valence-electron chi connectivity index (χ4n) is 2.51. The van der Waals surface area contributed by atoms with Crippen molar-refractivity contribution in [2.24, 2.45) is 0 Å². The highest BCUT2D eigenvalue weighted by molar-refractivity contribution is 6.05. The predicted octanol–water partition coefficient (Wildman–Crippen LogP) is 4.73. The molecule has 7 heteroatoms. The Morgan fingerprint density at radius 3 is 2.59 bits per heavy atom. The Bertz CT molecular complexity index is 820. The Hall–Kier alpha value is -3.09. The lowest BCUT2D eigenvalue weighted by molar-refractivity contribution is -0.385. The Morgan fingerprint density at radius 1 is 1.15 bits per heavy atom. The molecule has 0 saturated carbocycles. The van der Waals surface area contributed by atoms with Gasteiger partial charge in [-0.1, -0.05) is 19.4 Å². The zero-order valence-corrected chi connectivity index (χ0v) is 15.8. The van der Waals surface area contributed by atoms with E-state index in [0.717, 1.165) is 12.8 Å². The predicted molar refractivity (Wildman–Crippen MR) is 104 cm³/mol. The molecule has 1 N–H and O–H groups in total. The molecule has 0 spiro atoms. The van der Waals surface area contributed by atoms with E-state index in [4.69, 9.17) is 9.47 Å². The standard InChI is InChI=1S/C20H24N2O5/c1-4-6-12-27-18-11-10-15(13-19(18)26-5-2)20(23)21-16-8-7-9-17(14(16)3)22(24)25/h7-11,13H,4-6,12H2,1-3H3,(H,21,23). The number of unbranched alkanes of at least 4 members (excludes halogenated alkanes) is 1. The third-order valence-corrected chi connectivity index (χ3v) is 4.01. The van der Waals surface area contributed by atoms with Gasteiger partial charge in [-0.3, -0.25) is 14.9 Å². The lowest BCUT2D eigenvalue weighted by Gasteiger charge is -2.14. The van der Waals surface area contributed by atoms with Crippen molar-refractivity contribution in [3.8, 4) is 11.5 Å². The Morgan fingerprint density at radius 2 is 1.93 bits per heavy atom. The van der Waals surface area contributed by atoms with Gasteiger partial charge in [-0.15, -0.1) is 0 Å². The fraction of sp³-hybridized carbons (Fsp3) is 0.350. The number of nitro groups is 1. The number of nitrogens with one attached hydrogen (secondary N) is 1. The van der Waals surface area contributed by atoms with E-state index in [9.17, 15) is 14.9 Å². The Kier molecular flexibility index (Phi) is 7.16. The third kappa shape index (κ3) is 5.20. The van der Waals surface area contributed by atoms with Crippen molar-refractivity contribution in [3.63, 3.8) is 0 Å². The summed E-state index contributed by atoms with van der Waals surface area (Å²) in [5, 5.41) is 13.8. The van der Waals surface area contributed by atoms with Gasteiger partial charge in [-0.25, -0.2) is 0 Å². The van der Waals surface area contributed by atoms with Crippen LogP contribution in [0.1, 0.15) is 42.6 Å². The fourth-order valence-corrected chi connectivity index (χ4v) is 2.51. The van der Waals surface area contributed by atoms with Crippen LogP contribution in [0.5, 0.6) is 11.5 Å². The third-order valence-electron chi connectivity index (χ3n) is 4.01. The van der Waals surface area contributed by atoms with E-state index >= 15 is 0 Å². The van der Waals surface area contributed by atoms with Gasteiger partial charge >= 0.3 is 0 Å². The number of nitrogens with zero attached hydrogens (tertiary/aromatic N) is 1. The summed E-state index contributed by atoms with van der Waals surface area (Å²) in [6.07, 6.45) is 1.95. The first-order chi connectivity index (χ1) is 13.0. The first-order valence-corrected chi connectivity index (χ1v) is 8.92. The number of hydrogen-bond donors (Lipinski definition) is 1. The van der Waals surface area contributed by atoms with Crippen LogP contribution in [0.4, 0.5) is 11.4 Å². The summed E-state index contributed by atoms with van der Waals surface area (Å²) < 4.78 is 11.3. The molecule has 0 aromatic heterocycles. The van der Waals surface area contributed by atoms with Crippen LogP contribution in [-0.2, 0) is 0 Å². The van der Waals surface area contributed by atoms with Gasteiger partial charge in [-0.2, -0.15) is 0 Å². The molecule has 0 bridgehead atoms. The van der Waals surface area contributed by atoms with Crippen LogP contribution in [0, 0.1) is 17.0 Å². The van der Waals surface area contributed by atoms with E-state index in [1.165, 1.54) is 12.1 Å². The van der Waals surface area contributed by atoms with E-state index < -0.39 is 4.92 Å². The maximum Gasteiger partial charge on any atom is 0.274 e. The van der Waals surface area contributed by atoms with Crippen LogP contribution in [0.25, 0.3) is 0 Å². The quantitative estimate of drug-likeness (QED) is 0.390. The highest BCUT2D eigenvalue weighted by Crippen LogP contribution is 2.30. The molecule has 0 aliphatic rings. The van der Waals surface area contributed by atoms with Crippen LogP contribution in [0.15, 0.2) is 36.4 Å². The van der Waals surface area contributed by atoms with E-state index in [0.29, 0.717) is 41.5 Å². The van der Waals surface area contributed by atoms with Crippen molar-refractivity contribution in [3.05, 3.63) is 57.6 Å². The monoisotopic (exact) mass is 372 g/mol. The van der Waals surface area contributed by atoms with Crippen LogP contribution < -0.4 is 14.8 Å². The molecule has 0 unspecified atom stereocenters. The summed E-state index contributed by atoms with van der Waals surface area (Å²) in [6, 6.07) is 9.54. The average molecular weight is 372 g/mol. The average Bonchev–Trinajstić information content (AvgIpc) is 2.64. The molecule has 1 amide bonds. The number of anilines is 1. The Labute approximate surface area is 158 Å². The molecule has 0 fully saturated rings. The van der Waals surface area contributed by atoms with Crippen molar-refractivity contribution in [1.82, 2.24) is 0 Å². The highest BCUT2D eigenvalue weighted by atomic mass is 16.6. The van der Waals surface area contributed by atoms with Crippen molar-refractivity contribution < 1.29 is 19.2 Å². The van der Waals surface area contributed by atoms with Crippen molar-refractivity contribution in [2.75, 3.05) is 18.5 Å². The molecule has 144 valence electrons. The minimum absolute atomic E-state index is 0.0394. The number of carbonyl (C=O) groups excluding carboxylic acids is 1. The molecule has 7 nitrogen and oxygen atoms in total. The van der Waals surface area contributed by atoms with Gasteiger partial charge in [-0.05, 0) is 44.5 Å². The van der Waals surface area contributed by atoms with Gasteiger partial charge in [0.1, 0.15) is 0 Å². The normalized spacial score (nSPS) is 10.3. The number of rotatable bonds is 9. The molecule has 2 aromatic carbocycles. The van der Waals surface area contributed by atoms with Crippen molar-refractivity contribution >= 4 is 17.3 Å². The zero-order valence-electron chi connectivity index (χ0n) is 15.8. The SMILES string of the molecule is CCCCOc1ccc(C(=O)Nc2cccc([N+](=O)[O-])c2C)cc1OCC. The molecule has 0 atom stereocenters. The lowest BCUT2D eigenvalue weighted by atomic mass is 10.1. The molecular formula is C20H24N2O5. The molecule has 0 aliphatic carbocycles. The summed E-state index contributed by atoms with van der Waals surface area (Å²) in [6.45, 7) is 6.56. The van der Waals surface area contributed by atoms with Gasteiger partial charge < -0.3 is 14.8 Å². The second-order valence-electron chi connectivity index (χ2n) is 5.96. The summed E-state index contributed by atoms with van der Waals surface area (Å²) in [7, 11) is 0. The first-order valence-electron chi connectivity index (χ1n) is 8.92. The number of amides is 1. The van der Waals surface area contributed by atoms with Crippen LogP contribution >= 0.6 is 0 Å². The molecule has 2 rings (SSSR count). The van der Waals surface area contributed by atoms with Gasteiger partial charge in [0.2, 0.25) is 0 Å².